The molecule has 0 bridgehead atoms. The van der Waals surface area contributed by atoms with Crippen LogP contribution in [0.25, 0.3) is 0 Å². The van der Waals surface area contributed by atoms with Crippen LogP contribution in [0.5, 0.6) is 0 Å². The highest BCUT2D eigenvalue weighted by Gasteiger charge is 2.62. The lowest BCUT2D eigenvalue weighted by molar-refractivity contribution is -0.153. The summed E-state index contributed by atoms with van der Waals surface area (Å²) in [6.45, 7) is 9.49. The van der Waals surface area contributed by atoms with Gasteiger partial charge in [0.05, 0.1) is 30.3 Å². The van der Waals surface area contributed by atoms with Gasteiger partial charge in [0.1, 0.15) is 6.04 Å². The number of likely N-dealkylation sites (tertiary alicyclic amines) is 3. The van der Waals surface area contributed by atoms with E-state index in [0.29, 0.717) is 57.4 Å². The molecule has 53 heavy (non-hydrogen) atoms. The number of amides is 4. The second-order valence-electron chi connectivity index (χ2n) is 17.5. The molecule has 4 amide bonds. The summed E-state index contributed by atoms with van der Waals surface area (Å²) in [5.74, 6) is -0.753. The van der Waals surface area contributed by atoms with Crippen molar-refractivity contribution in [2.45, 2.75) is 90.8 Å². The van der Waals surface area contributed by atoms with E-state index < -0.39 is 23.5 Å². The topological polar surface area (TPSA) is 137 Å². The van der Waals surface area contributed by atoms with Crippen LogP contribution in [-0.2, 0) is 25.7 Å². The lowest BCUT2D eigenvalue weighted by Crippen LogP contribution is -2.65. The number of aliphatic hydroxyl groups is 1. The van der Waals surface area contributed by atoms with Crippen LogP contribution in [0.3, 0.4) is 0 Å². The molecule has 1 aromatic carbocycles. The van der Waals surface area contributed by atoms with Crippen molar-refractivity contribution in [1.82, 2.24) is 29.8 Å². The average molecular weight is 731 g/mol. The third kappa shape index (κ3) is 8.18. The number of nitrogens with zero attached hydrogens (tertiary/aromatic N) is 5. The van der Waals surface area contributed by atoms with Crippen LogP contribution >= 0.6 is 0 Å². The van der Waals surface area contributed by atoms with Crippen molar-refractivity contribution in [3.63, 3.8) is 0 Å². The van der Waals surface area contributed by atoms with E-state index in [0.717, 1.165) is 37.7 Å². The first kappa shape index (κ1) is 37.5. The Morgan fingerprint density at radius 2 is 1.62 bits per heavy atom. The molecule has 7 rings (SSSR count). The first-order chi connectivity index (χ1) is 25.5. The van der Waals surface area contributed by atoms with E-state index in [-0.39, 0.29) is 54.0 Å². The zero-order valence-corrected chi connectivity index (χ0v) is 31.8. The van der Waals surface area contributed by atoms with Gasteiger partial charge in [0, 0.05) is 70.0 Å². The zero-order chi connectivity index (χ0) is 37.3. The maximum absolute atomic E-state index is 14.6. The molecule has 5 fully saturated rings. The molecule has 12 heteroatoms. The summed E-state index contributed by atoms with van der Waals surface area (Å²) >= 11 is 0. The summed E-state index contributed by atoms with van der Waals surface area (Å²) < 4.78 is 8.13. The van der Waals surface area contributed by atoms with E-state index in [4.69, 9.17) is 4.74 Å². The molecule has 2 aliphatic carbocycles. The Morgan fingerprint density at radius 1 is 0.925 bits per heavy atom. The van der Waals surface area contributed by atoms with Crippen LogP contribution in [0.15, 0.2) is 42.7 Å². The van der Waals surface area contributed by atoms with Crippen molar-refractivity contribution >= 4 is 23.6 Å². The minimum absolute atomic E-state index is 0.00665. The van der Waals surface area contributed by atoms with E-state index in [2.05, 4.69) is 24.3 Å². The number of piperidine rings is 1. The highest BCUT2D eigenvalue weighted by Crippen LogP contribution is 2.54. The van der Waals surface area contributed by atoms with Gasteiger partial charge in [-0.15, -0.1) is 0 Å². The van der Waals surface area contributed by atoms with Crippen LogP contribution in [0, 0.1) is 34.5 Å². The smallest absolute Gasteiger partial charge is 0.257 e. The molecule has 1 aromatic heterocycles. The third-order valence-electron chi connectivity index (χ3n) is 12.9. The summed E-state index contributed by atoms with van der Waals surface area (Å²) in [7, 11) is 0. The molecule has 5 atom stereocenters. The molecule has 0 radical (unpaired) electrons. The fraction of sp³-hybridized carbons (Fsp3) is 0.683. The molecule has 1 spiro atoms. The molecule has 2 N–H and O–H groups in total. The number of hydrogen-bond acceptors (Lipinski definition) is 7. The second-order valence-corrected chi connectivity index (χ2v) is 17.5. The van der Waals surface area contributed by atoms with Gasteiger partial charge < -0.3 is 29.9 Å². The minimum atomic E-state index is -0.911. The molecule has 3 saturated heterocycles. The Hall–Kier alpha value is -3.77. The van der Waals surface area contributed by atoms with Crippen molar-refractivity contribution in [2.24, 2.45) is 34.5 Å². The molecule has 2 unspecified atom stereocenters. The Kier molecular flexibility index (Phi) is 11.0. The largest absolute Gasteiger partial charge is 0.396 e. The SMILES string of the molecule is C[C@@H](OCC1CCCCC1)[C@H](NC(=O)C1CN(C(=O)c2cnn(Cc3ccccc3)c2)CC12CN(C(=O)[C@H]1CC1(C)C)C2)C(=O)N1CCCC(CO)C1. The van der Waals surface area contributed by atoms with Gasteiger partial charge in [-0.3, -0.25) is 23.9 Å². The van der Waals surface area contributed by atoms with Gasteiger partial charge in [-0.1, -0.05) is 63.4 Å². The van der Waals surface area contributed by atoms with Gasteiger partial charge in [-0.05, 0) is 61.8 Å². The highest BCUT2D eigenvalue weighted by molar-refractivity contribution is 5.96. The molecular formula is C41H58N6O6. The van der Waals surface area contributed by atoms with Crippen molar-refractivity contribution in [2.75, 3.05) is 52.5 Å². The summed E-state index contributed by atoms with van der Waals surface area (Å²) in [4.78, 5) is 61.7. The number of nitrogens with one attached hydrogen (secondary N) is 1. The van der Waals surface area contributed by atoms with Gasteiger partial charge in [0.15, 0.2) is 0 Å². The van der Waals surface area contributed by atoms with Crippen LogP contribution < -0.4 is 5.32 Å². The predicted octanol–water partition coefficient (Wildman–Crippen LogP) is 3.58. The first-order valence-corrected chi connectivity index (χ1v) is 19.9. The van der Waals surface area contributed by atoms with E-state index in [1.807, 2.05) is 42.2 Å². The number of benzene rings is 1. The summed E-state index contributed by atoms with van der Waals surface area (Å²) in [5.41, 5.74) is 0.882. The minimum Gasteiger partial charge on any atom is -0.396 e. The molecule has 5 aliphatic rings. The van der Waals surface area contributed by atoms with Gasteiger partial charge in [-0.25, -0.2) is 0 Å². The molecule has 2 aromatic rings. The molecule has 3 aliphatic heterocycles. The number of rotatable bonds is 12. The van der Waals surface area contributed by atoms with E-state index in [1.54, 1.807) is 26.9 Å². The number of hydrogen-bond donors (Lipinski definition) is 2. The summed E-state index contributed by atoms with van der Waals surface area (Å²) in [6, 6.07) is 9.01. The van der Waals surface area contributed by atoms with Crippen molar-refractivity contribution < 1.29 is 29.0 Å². The number of ether oxygens (including phenoxy) is 1. The van der Waals surface area contributed by atoms with Gasteiger partial charge >= 0.3 is 0 Å². The van der Waals surface area contributed by atoms with Crippen LogP contribution in [-0.4, -0.2) is 118 Å². The number of aliphatic hydroxyl groups excluding tert-OH is 1. The van der Waals surface area contributed by atoms with E-state index >= 15 is 0 Å². The van der Waals surface area contributed by atoms with Crippen LogP contribution in [0.2, 0.25) is 0 Å². The molecule has 4 heterocycles. The maximum Gasteiger partial charge on any atom is 0.257 e. The van der Waals surface area contributed by atoms with E-state index in [9.17, 15) is 24.3 Å². The zero-order valence-electron chi connectivity index (χ0n) is 31.8. The lowest BCUT2D eigenvalue weighted by Gasteiger charge is -2.50. The average Bonchev–Trinajstić information content (AvgIpc) is 3.45. The van der Waals surface area contributed by atoms with Gasteiger partial charge in [0.25, 0.3) is 5.91 Å². The fourth-order valence-electron chi connectivity index (χ4n) is 9.28. The van der Waals surface area contributed by atoms with Crippen molar-refractivity contribution in [3.8, 4) is 0 Å². The standard InChI is InChI=1S/C41H58N6O6/c1-28(53-24-30-13-8-5-9-14-30)35(39(52)44-16-10-15-31(19-44)23-48)43-36(49)34-22-45(25-41(34)26-46(27-41)38(51)33-17-40(33,2)3)37(50)32-18-42-47(21-32)20-29-11-6-4-7-12-29/h4,6-7,11-12,18,21,28,30-31,33-35,48H,5,8-10,13-17,19-20,22-27H2,1-3H3,(H,43,49)/t28-,31?,33-,34?,35+/m1/s1. The van der Waals surface area contributed by atoms with Crippen molar-refractivity contribution in [3.05, 3.63) is 53.9 Å². The quantitative estimate of drug-likeness (QED) is 0.341. The Morgan fingerprint density at radius 3 is 2.32 bits per heavy atom. The van der Waals surface area contributed by atoms with Crippen LogP contribution in [0.4, 0.5) is 0 Å². The first-order valence-electron chi connectivity index (χ1n) is 19.9. The monoisotopic (exact) mass is 730 g/mol. The Bertz CT molecular complexity index is 1630. The maximum atomic E-state index is 14.6. The van der Waals surface area contributed by atoms with Crippen molar-refractivity contribution in [1.29, 1.82) is 0 Å². The summed E-state index contributed by atoms with van der Waals surface area (Å²) in [6.07, 6.45) is 11.1. The molecule has 12 nitrogen and oxygen atoms in total. The number of aromatic nitrogens is 2. The normalized spacial score (nSPS) is 26.2. The summed E-state index contributed by atoms with van der Waals surface area (Å²) in [5, 5.41) is 17.5. The fourth-order valence-corrected chi connectivity index (χ4v) is 9.28. The van der Waals surface area contributed by atoms with Gasteiger partial charge in [0.2, 0.25) is 17.7 Å². The number of carbonyl (C=O) groups is 4. The Balaban J connectivity index is 1.09. The number of carbonyl (C=O) groups excluding carboxylic acids is 4. The Labute approximate surface area is 313 Å². The second kappa shape index (κ2) is 15.5. The van der Waals surface area contributed by atoms with Gasteiger partial charge in [-0.2, -0.15) is 5.10 Å². The lowest BCUT2D eigenvalue weighted by atomic mass is 9.70. The third-order valence-corrected chi connectivity index (χ3v) is 12.9. The van der Waals surface area contributed by atoms with E-state index in [1.165, 1.54) is 19.3 Å². The molecule has 288 valence electrons. The molecule has 2 saturated carbocycles. The highest BCUT2D eigenvalue weighted by atomic mass is 16.5. The van der Waals surface area contributed by atoms with Crippen LogP contribution in [0.1, 0.15) is 88.1 Å². The predicted molar refractivity (Wildman–Crippen MR) is 198 cm³/mol. The molecular weight excluding hydrogens is 672 g/mol.